The van der Waals surface area contributed by atoms with Gasteiger partial charge < -0.3 is 5.32 Å². The summed E-state index contributed by atoms with van der Waals surface area (Å²) in [5, 5.41) is 2.94. The summed E-state index contributed by atoms with van der Waals surface area (Å²) in [4.78, 5) is 21.1. The highest BCUT2D eigenvalue weighted by Gasteiger charge is 2.14. The van der Waals surface area contributed by atoms with Crippen molar-refractivity contribution in [3.8, 4) is 0 Å². The van der Waals surface area contributed by atoms with E-state index >= 15 is 0 Å². The van der Waals surface area contributed by atoms with Crippen LogP contribution >= 0.6 is 0 Å². The lowest BCUT2D eigenvalue weighted by molar-refractivity contribution is -0.124. The maximum Gasteiger partial charge on any atom is 0.217 e. The molecule has 1 amide bonds. The summed E-state index contributed by atoms with van der Waals surface area (Å²) in [6.07, 6.45) is 6.27. The minimum Gasteiger partial charge on any atom is -0.354 e. The molecule has 1 N–H and O–H groups in total. The Morgan fingerprint density at radius 2 is 1.09 bits per heavy atom. The van der Waals surface area contributed by atoms with Crippen LogP contribution < -0.4 is 5.32 Å². The predicted molar refractivity (Wildman–Crippen MR) is 105 cm³/mol. The number of hydrogen-bond donors (Lipinski definition) is 1. The third-order valence-electron chi connectivity index (χ3n) is 3.07. The van der Waals surface area contributed by atoms with Crippen LogP contribution in [-0.4, -0.2) is 17.7 Å². The molecular weight excluding hydrogens is 286 g/mol. The second-order valence-electron chi connectivity index (χ2n) is 5.84. The number of ketones is 1. The molecule has 0 spiro atoms. The lowest BCUT2D eigenvalue weighted by Crippen LogP contribution is -2.34. The monoisotopic (exact) mass is 331 g/mol. The van der Waals surface area contributed by atoms with Crippen LogP contribution in [0.2, 0.25) is 0 Å². The summed E-state index contributed by atoms with van der Waals surface area (Å²) in [6, 6.07) is 0.478. The van der Waals surface area contributed by atoms with Crippen LogP contribution in [0.15, 0.2) is 0 Å². The van der Waals surface area contributed by atoms with Gasteiger partial charge in [0.25, 0.3) is 0 Å². The van der Waals surface area contributed by atoms with Crippen molar-refractivity contribution in [3.05, 3.63) is 0 Å². The minimum absolute atomic E-state index is 0.118. The SMILES string of the molecule is CC.CC.CC.CC(=O)C(C)(C)C.CC(=O)NC1CCCCC1. The summed E-state index contributed by atoms with van der Waals surface area (Å²) in [7, 11) is 0. The highest BCUT2D eigenvalue weighted by molar-refractivity contribution is 5.80. The highest BCUT2D eigenvalue weighted by atomic mass is 16.1. The van der Waals surface area contributed by atoms with Crippen molar-refractivity contribution in [2.45, 2.75) is 114 Å². The maximum atomic E-state index is 10.6. The first-order valence-corrected chi connectivity index (χ1v) is 9.51. The van der Waals surface area contributed by atoms with E-state index in [4.69, 9.17) is 0 Å². The fourth-order valence-electron chi connectivity index (χ4n) is 1.53. The molecule has 3 nitrogen and oxygen atoms in total. The summed E-state index contributed by atoms with van der Waals surface area (Å²) < 4.78 is 0. The van der Waals surface area contributed by atoms with Gasteiger partial charge in [0, 0.05) is 18.4 Å². The molecule has 1 rings (SSSR count). The quantitative estimate of drug-likeness (QED) is 0.626. The molecule has 23 heavy (non-hydrogen) atoms. The van der Waals surface area contributed by atoms with E-state index in [9.17, 15) is 9.59 Å². The zero-order valence-corrected chi connectivity index (χ0v) is 17.9. The average Bonchev–Trinajstić information content (AvgIpc) is 2.53. The Bertz CT molecular complexity index is 249. The molecule has 0 unspecified atom stereocenters. The molecule has 142 valence electrons. The molecular formula is C20H45NO2. The smallest absolute Gasteiger partial charge is 0.217 e. The number of amides is 1. The van der Waals surface area contributed by atoms with E-state index in [1.165, 1.54) is 32.1 Å². The lowest BCUT2D eigenvalue weighted by Gasteiger charge is -2.21. The molecule has 0 aromatic heterocycles. The second kappa shape index (κ2) is 21.1. The van der Waals surface area contributed by atoms with Gasteiger partial charge in [-0.1, -0.05) is 81.6 Å². The summed E-state index contributed by atoms with van der Waals surface area (Å²) in [6.45, 7) is 20.9. The fraction of sp³-hybridized carbons (Fsp3) is 0.900. The molecule has 1 aliphatic rings. The first-order chi connectivity index (χ1) is 10.7. The van der Waals surface area contributed by atoms with Crippen molar-refractivity contribution in [3.63, 3.8) is 0 Å². The number of hydrogen-bond acceptors (Lipinski definition) is 2. The molecule has 0 heterocycles. The van der Waals surface area contributed by atoms with E-state index < -0.39 is 0 Å². The topological polar surface area (TPSA) is 46.2 Å². The Morgan fingerprint density at radius 3 is 1.30 bits per heavy atom. The third kappa shape index (κ3) is 26.4. The van der Waals surface area contributed by atoms with Crippen LogP contribution in [0.1, 0.15) is 108 Å². The van der Waals surface area contributed by atoms with E-state index in [0.717, 1.165) is 0 Å². The summed E-state index contributed by atoms with van der Waals surface area (Å²) >= 11 is 0. The predicted octanol–water partition coefficient (Wildman–Crippen LogP) is 6.16. The standard InChI is InChI=1S/C8H15NO.C6H12O.3C2H6/c1-7(10)9-8-5-3-2-4-6-8;1-5(7)6(2,3)4;3*1-2/h8H,2-6H2,1H3,(H,9,10);1-4H3;3*1-2H3. The Morgan fingerprint density at radius 1 is 0.783 bits per heavy atom. The largest absolute Gasteiger partial charge is 0.354 e. The van der Waals surface area contributed by atoms with Crippen molar-refractivity contribution in [2.24, 2.45) is 5.41 Å². The van der Waals surface area contributed by atoms with Gasteiger partial charge in [0.2, 0.25) is 5.91 Å². The van der Waals surface area contributed by atoms with E-state index in [1.54, 1.807) is 13.8 Å². The van der Waals surface area contributed by atoms with E-state index in [2.05, 4.69) is 5.32 Å². The Hall–Kier alpha value is -0.860. The molecule has 0 aliphatic heterocycles. The van der Waals surface area contributed by atoms with Gasteiger partial charge in [-0.3, -0.25) is 9.59 Å². The third-order valence-corrected chi connectivity index (χ3v) is 3.07. The number of carbonyl (C=O) groups excluding carboxylic acids is 2. The van der Waals surface area contributed by atoms with Crippen molar-refractivity contribution in [1.29, 1.82) is 0 Å². The van der Waals surface area contributed by atoms with Crippen molar-refractivity contribution in [1.82, 2.24) is 5.32 Å². The Kier molecular flexibility index (Phi) is 27.6. The lowest BCUT2D eigenvalue weighted by atomic mass is 9.92. The number of Topliss-reactive ketones (excluding diaryl/α,β-unsaturated/α-hetero) is 1. The van der Waals surface area contributed by atoms with Gasteiger partial charge in [-0.2, -0.15) is 0 Å². The van der Waals surface area contributed by atoms with Crippen molar-refractivity contribution < 1.29 is 9.59 Å². The van der Waals surface area contributed by atoms with Crippen LogP contribution in [0.4, 0.5) is 0 Å². The number of nitrogens with one attached hydrogen (secondary N) is 1. The Balaban J connectivity index is -0.000000122. The second-order valence-corrected chi connectivity index (χ2v) is 5.84. The van der Waals surface area contributed by atoms with Gasteiger partial charge >= 0.3 is 0 Å². The normalized spacial score (nSPS) is 13.2. The van der Waals surface area contributed by atoms with Crippen LogP contribution in [0.3, 0.4) is 0 Å². The molecule has 1 aliphatic carbocycles. The molecule has 0 aromatic rings. The van der Waals surface area contributed by atoms with Gasteiger partial charge in [-0.05, 0) is 19.8 Å². The van der Waals surface area contributed by atoms with Gasteiger partial charge in [-0.25, -0.2) is 0 Å². The van der Waals surface area contributed by atoms with E-state index in [1.807, 2.05) is 62.3 Å². The first kappa shape index (κ1) is 30.1. The molecule has 1 fully saturated rings. The number of rotatable bonds is 1. The van der Waals surface area contributed by atoms with Crippen LogP contribution in [-0.2, 0) is 9.59 Å². The van der Waals surface area contributed by atoms with E-state index in [-0.39, 0.29) is 17.1 Å². The fourth-order valence-corrected chi connectivity index (χ4v) is 1.53. The maximum absolute atomic E-state index is 10.6. The summed E-state index contributed by atoms with van der Waals surface area (Å²) in [5.41, 5.74) is -0.139. The zero-order valence-electron chi connectivity index (χ0n) is 17.9. The molecule has 0 atom stereocenters. The first-order valence-electron chi connectivity index (χ1n) is 9.51. The number of carbonyl (C=O) groups is 2. The average molecular weight is 332 g/mol. The molecule has 0 bridgehead atoms. The summed E-state index contributed by atoms with van der Waals surface area (Å²) in [5.74, 6) is 0.361. The van der Waals surface area contributed by atoms with Gasteiger partial charge in [-0.15, -0.1) is 0 Å². The molecule has 3 heteroatoms. The molecule has 0 aromatic carbocycles. The van der Waals surface area contributed by atoms with Gasteiger partial charge in [0.1, 0.15) is 5.78 Å². The molecule has 1 saturated carbocycles. The molecule has 0 radical (unpaired) electrons. The van der Waals surface area contributed by atoms with Crippen LogP contribution in [0.25, 0.3) is 0 Å². The zero-order chi connectivity index (χ0) is 19.5. The Labute approximate surface area is 147 Å². The van der Waals surface area contributed by atoms with Crippen molar-refractivity contribution >= 4 is 11.7 Å². The van der Waals surface area contributed by atoms with Crippen molar-refractivity contribution in [2.75, 3.05) is 0 Å². The van der Waals surface area contributed by atoms with Gasteiger partial charge in [0.05, 0.1) is 0 Å². The molecule has 0 saturated heterocycles. The highest BCUT2D eigenvalue weighted by Crippen LogP contribution is 2.16. The minimum atomic E-state index is -0.139. The van der Waals surface area contributed by atoms with Crippen LogP contribution in [0.5, 0.6) is 0 Å². The van der Waals surface area contributed by atoms with E-state index in [0.29, 0.717) is 6.04 Å². The van der Waals surface area contributed by atoms with Crippen LogP contribution in [0, 0.1) is 5.41 Å². The van der Waals surface area contributed by atoms with Gasteiger partial charge in [0.15, 0.2) is 0 Å².